The molecule has 7 rings (SSSR count). The monoisotopic (exact) mass is 809 g/mol. The van der Waals surface area contributed by atoms with Crippen LogP contribution in [0.2, 0.25) is 5.02 Å². The highest BCUT2D eigenvalue weighted by Gasteiger charge is 2.38. The maximum atomic E-state index is 13.9. The summed E-state index contributed by atoms with van der Waals surface area (Å²) in [6.45, 7) is 3.80. The number of likely N-dealkylation sites (tertiary alicyclic amines) is 1. The summed E-state index contributed by atoms with van der Waals surface area (Å²) in [5, 5.41) is 24.7. The highest BCUT2D eigenvalue weighted by Crippen LogP contribution is 2.40. The second-order valence-electron chi connectivity index (χ2n) is 15.0. The Morgan fingerprint density at radius 2 is 1.56 bits per heavy atom. The number of benzene rings is 5. The number of ether oxygens (including phenoxy) is 2. The van der Waals surface area contributed by atoms with Crippen molar-refractivity contribution >= 4 is 33.2 Å². The van der Waals surface area contributed by atoms with E-state index in [0.29, 0.717) is 55.2 Å². The van der Waals surface area contributed by atoms with E-state index in [0.717, 1.165) is 27.8 Å². The van der Waals surface area contributed by atoms with Crippen molar-refractivity contribution in [2.45, 2.75) is 74.3 Å². The molecular weight excluding hydrogens is 762 g/mol. The number of hydrogen-bond donors (Lipinski definition) is 4. The second kappa shape index (κ2) is 18.0. The van der Waals surface area contributed by atoms with Gasteiger partial charge in [0.2, 0.25) is 15.9 Å². The number of hydrogen-bond acceptors (Lipinski definition) is 8. The molecule has 0 aromatic heterocycles. The average molecular weight is 810 g/mol. The van der Waals surface area contributed by atoms with Crippen LogP contribution in [-0.2, 0) is 42.9 Å². The van der Waals surface area contributed by atoms with Crippen LogP contribution in [-0.4, -0.2) is 61.2 Å². The number of sulfonamides is 1. The third-order valence-corrected chi connectivity index (χ3v) is 12.5. The highest BCUT2D eigenvalue weighted by molar-refractivity contribution is 7.89. The molecule has 57 heavy (non-hydrogen) atoms. The van der Waals surface area contributed by atoms with Gasteiger partial charge in [0.15, 0.2) is 6.29 Å². The van der Waals surface area contributed by atoms with E-state index in [4.69, 9.17) is 21.1 Å². The molecule has 0 saturated carbocycles. The van der Waals surface area contributed by atoms with Crippen LogP contribution in [0.1, 0.15) is 65.0 Å². The number of amides is 1. The standard InChI is InChI=1S/C45H48ClN3O7S/c1-31-10-20-40(21-11-31)57(53,54)48-41(26-32-6-3-2-4-7-32)43(51)47-38-9-5-8-35(27-38)44-55-39(28-42(56-44)34-14-12-33(30-50)13-15-34)29-49-24-22-45(52,23-25-49)36-16-18-37(46)19-17-36/h2-21,27,39,41-42,44,48,50,52H,22-26,28-30H2,1H3,(H,47,51)/t39-,41-,42+,44+/m1/s1. The molecule has 0 unspecified atom stereocenters. The molecule has 4 atom stereocenters. The van der Waals surface area contributed by atoms with Crippen molar-refractivity contribution in [1.82, 2.24) is 9.62 Å². The summed E-state index contributed by atoms with van der Waals surface area (Å²) >= 11 is 6.10. The van der Waals surface area contributed by atoms with Crippen LogP contribution < -0.4 is 10.0 Å². The quantitative estimate of drug-likeness (QED) is 0.0981. The van der Waals surface area contributed by atoms with Crippen molar-refractivity contribution < 1.29 is 32.9 Å². The van der Waals surface area contributed by atoms with Gasteiger partial charge in [0, 0.05) is 42.3 Å². The summed E-state index contributed by atoms with van der Waals surface area (Å²) < 4.78 is 42.8. The van der Waals surface area contributed by atoms with Gasteiger partial charge < -0.3 is 29.9 Å². The van der Waals surface area contributed by atoms with Crippen molar-refractivity contribution in [2.75, 3.05) is 25.0 Å². The lowest BCUT2D eigenvalue weighted by Crippen LogP contribution is -2.46. The van der Waals surface area contributed by atoms with E-state index in [9.17, 15) is 23.4 Å². The molecular formula is C45H48ClN3O7S. The Kier molecular flexibility index (Phi) is 12.9. The van der Waals surface area contributed by atoms with Gasteiger partial charge in [-0.25, -0.2) is 8.42 Å². The van der Waals surface area contributed by atoms with Gasteiger partial charge >= 0.3 is 0 Å². The minimum absolute atomic E-state index is 0.0599. The van der Waals surface area contributed by atoms with Gasteiger partial charge in [-0.2, -0.15) is 4.72 Å². The topological polar surface area (TPSA) is 137 Å². The molecule has 2 aliphatic heterocycles. The van der Waals surface area contributed by atoms with E-state index in [1.54, 1.807) is 30.3 Å². The van der Waals surface area contributed by atoms with E-state index in [-0.39, 0.29) is 30.1 Å². The van der Waals surface area contributed by atoms with E-state index in [1.807, 2.05) is 91.9 Å². The number of halogens is 1. The van der Waals surface area contributed by atoms with Crippen LogP contribution in [0.4, 0.5) is 5.69 Å². The van der Waals surface area contributed by atoms with Crippen LogP contribution >= 0.6 is 11.6 Å². The summed E-state index contributed by atoms with van der Waals surface area (Å²) in [7, 11) is -4.02. The number of nitrogens with one attached hydrogen (secondary N) is 2. The molecule has 10 nitrogen and oxygen atoms in total. The molecule has 1 amide bonds. The summed E-state index contributed by atoms with van der Waals surface area (Å²) in [5.41, 5.74) is 4.56. The molecule has 12 heteroatoms. The summed E-state index contributed by atoms with van der Waals surface area (Å²) in [4.78, 5) is 16.3. The lowest BCUT2D eigenvalue weighted by Gasteiger charge is -2.42. The summed E-state index contributed by atoms with van der Waals surface area (Å²) in [6.07, 6.45) is 0.547. The van der Waals surface area contributed by atoms with Crippen molar-refractivity contribution in [3.05, 3.63) is 166 Å². The maximum absolute atomic E-state index is 13.9. The van der Waals surface area contributed by atoms with Crippen molar-refractivity contribution in [3.63, 3.8) is 0 Å². The van der Waals surface area contributed by atoms with Gasteiger partial charge in [-0.05, 0) is 84.8 Å². The first-order valence-corrected chi connectivity index (χ1v) is 21.1. The first-order valence-electron chi connectivity index (χ1n) is 19.2. The molecule has 2 aliphatic rings. The SMILES string of the molecule is Cc1ccc(S(=O)(=O)N[C@H](Cc2ccccc2)C(=O)Nc2cccc([C@H]3O[C@@H](CN4CCC(O)(c5ccc(Cl)cc5)CC4)C[C@@H](c4ccc(CO)cc4)O3)c2)cc1. The number of aliphatic hydroxyl groups excluding tert-OH is 1. The fraction of sp³-hybridized carbons (Fsp3) is 0.311. The molecule has 2 heterocycles. The second-order valence-corrected chi connectivity index (χ2v) is 17.1. The fourth-order valence-electron chi connectivity index (χ4n) is 7.48. The summed E-state index contributed by atoms with van der Waals surface area (Å²) in [5.74, 6) is -0.513. The predicted octanol–water partition coefficient (Wildman–Crippen LogP) is 7.20. The molecule has 0 bridgehead atoms. The van der Waals surface area contributed by atoms with Crippen LogP contribution in [0, 0.1) is 6.92 Å². The Bertz CT molecular complexity index is 2210. The third kappa shape index (κ3) is 10.4. The Labute approximate surface area is 339 Å². The lowest BCUT2D eigenvalue weighted by molar-refractivity contribution is -0.253. The number of carbonyl (C=O) groups excluding carboxylic acids is 1. The number of nitrogens with zero attached hydrogens (tertiary/aromatic N) is 1. The van der Waals surface area contributed by atoms with Gasteiger partial charge in [-0.3, -0.25) is 4.79 Å². The van der Waals surface area contributed by atoms with Gasteiger partial charge in [0.05, 0.1) is 29.3 Å². The normalized spacial score (nSPS) is 20.5. The molecule has 0 aliphatic carbocycles. The Morgan fingerprint density at radius 3 is 2.25 bits per heavy atom. The maximum Gasteiger partial charge on any atom is 0.242 e. The van der Waals surface area contributed by atoms with Crippen molar-refractivity contribution in [1.29, 1.82) is 0 Å². The Hall–Kier alpha value is -4.43. The molecule has 298 valence electrons. The summed E-state index contributed by atoms with van der Waals surface area (Å²) in [6, 6.07) is 36.9. The minimum Gasteiger partial charge on any atom is -0.392 e. The first-order chi connectivity index (χ1) is 27.5. The molecule has 2 fully saturated rings. The number of piperidine rings is 1. The highest BCUT2D eigenvalue weighted by atomic mass is 35.5. The molecule has 0 radical (unpaired) electrons. The van der Waals surface area contributed by atoms with E-state index in [2.05, 4.69) is 14.9 Å². The predicted molar refractivity (Wildman–Crippen MR) is 220 cm³/mol. The smallest absolute Gasteiger partial charge is 0.242 e. The third-order valence-electron chi connectivity index (χ3n) is 10.8. The zero-order valence-corrected chi connectivity index (χ0v) is 33.3. The van der Waals surface area contributed by atoms with Gasteiger partial charge in [-0.15, -0.1) is 0 Å². The van der Waals surface area contributed by atoms with E-state index >= 15 is 0 Å². The molecule has 2 saturated heterocycles. The average Bonchev–Trinajstić information content (AvgIpc) is 3.22. The molecule has 4 N–H and O–H groups in total. The molecule has 0 spiro atoms. The molecule has 5 aromatic rings. The fourth-order valence-corrected chi connectivity index (χ4v) is 8.80. The van der Waals surface area contributed by atoms with E-state index in [1.165, 1.54) is 12.1 Å². The zero-order valence-electron chi connectivity index (χ0n) is 31.8. The van der Waals surface area contributed by atoms with Crippen LogP contribution in [0.15, 0.2) is 132 Å². The number of anilines is 1. The van der Waals surface area contributed by atoms with Crippen molar-refractivity contribution in [3.8, 4) is 0 Å². The largest absolute Gasteiger partial charge is 0.392 e. The van der Waals surface area contributed by atoms with Crippen LogP contribution in [0.5, 0.6) is 0 Å². The number of aliphatic hydroxyl groups is 2. The zero-order chi connectivity index (χ0) is 40.0. The Morgan fingerprint density at radius 1 is 0.860 bits per heavy atom. The van der Waals surface area contributed by atoms with Gasteiger partial charge in [0.25, 0.3) is 0 Å². The van der Waals surface area contributed by atoms with E-state index < -0.39 is 33.9 Å². The first kappa shape index (κ1) is 40.8. The molecule has 5 aromatic carbocycles. The van der Waals surface area contributed by atoms with Gasteiger partial charge in [-0.1, -0.05) is 108 Å². The lowest BCUT2D eigenvalue weighted by atomic mass is 9.84. The Balaban J connectivity index is 1.08. The number of carbonyl (C=O) groups is 1. The number of aryl methyl sites for hydroxylation is 1. The van der Waals surface area contributed by atoms with Gasteiger partial charge in [0.1, 0.15) is 6.04 Å². The minimum atomic E-state index is -4.02. The number of rotatable bonds is 13. The van der Waals surface area contributed by atoms with Crippen LogP contribution in [0.25, 0.3) is 0 Å². The van der Waals surface area contributed by atoms with Crippen molar-refractivity contribution in [2.24, 2.45) is 0 Å². The van der Waals surface area contributed by atoms with Crippen LogP contribution in [0.3, 0.4) is 0 Å².